The van der Waals surface area contributed by atoms with Crippen LogP contribution in [0.25, 0.3) is 0 Å². The molecule has 0 bridgehead atoms. The van der Waals surface area contributed by atoms with Crippen molar-refractivity contribution in [3.8, 4) is 0 Å². The van der Waals surface area contributed by atoms with Gasteiger partial charge in [-0.3, -0.25) is 9.59 Å². The summed E-state index contributed by atoms with van der Waals surface area (Å²) in [6.45, 7) is 11.3. The first-order chi connectivity index (χ1) is 6.57. The average Bonchev–Trinajstić information content (AvgIpc) is 2.01. The molecule has 0 spiro atoms. The minimum Gasteiger partial charge on any atom is -0.299 e. The molecule has 0 N–H and O–H groups in total. The van der Waals surface area contributed by atoms with Gasteiger partial charge in [0.05, 0.1) is 5.41 Å². The number of hydrogen-bond donors (Lipinski definition) is 0. The summed E-state index contributed by atoms with van der Waals surface area (Å²) in [7, 11) is 0. The molecule has 3 heteroatoms. The maximum atomic E-state index is 11.7. The van der Waals surface area contributed by atoms with Gasteiger partial charge in [-0.25, -0.2) is 0 Å². The van der Waals surface area contributed by atoms with Crippen LogP contribution >= 0.6 is 11.8 Å². The highest BCUT2D eigenvalue weighted by molar-refractivity contribution is 8.13. The average molecular weight is 230 g/mol. The standard InChI is InChI=1S/C12H22O2S/c1-9(13)12(5,6)10(14)15-8-7-11(2,3)4/h7-8H2,1-6H3. The Morgan fingerprint density at radius 2 is 1.53 bits per heavy atom. The van der Waals surface area contributed by atoms with Gasteiger partial charge < -0.3 is 0 Å². The predicted octanol–water partition coefficient (Wildman–Crippen LogP) is 3.30. The van der Waals surface area contributed by atoms with E-state index in [-0.39, 0.29) is 16.3 Å². The van der Waals surface area contributed by atoms with Crippen molar-refractivity contribution >= 4 is 22.7 Å². The predicted molar refractivity (Wildman–Crippen MR) is 66.0 cm³/mol. The molecule has 88 valence electrons. The van der Waals surface area contributed by atoms with Gasteiger partial charge in [-0.2, -0.15) is 0 Å². The Morgan fingerprint density at radius 3 is 1.87 bits per heavy atom. The van der Waals surface area contributed by atoms with Crippen LogP contribution in [0.3, 0.4) is 0 Å². The molecule has 0 saturated carbocycles. The molecule has 0 amide bonds. The maximum absolute atomic E-state index is 11.7. The third-order valence-electron chi connectivity index (χ3n) is 2.48. The summed E-state index contributed by atoms with van der Waals surface area (Å²) in [5.41, 5.74) is -0.587. The van der Waals surface area contributed by atoms with Crippen LogP contribution in [0.5, 0.6) is 0 Å². The molecule has 0 radical (unpaired) electrons. The Morgan fingerprint density at radius 1 is 1.07 bits per heavy atom. The number of rotatable bonds is 4. The minimum atomic E-state index is -0.831. The zero-order chi connectivity index (χ0) is 12.3. The van der Waals surface area contributed by atoms with Crippen molar-refractivity contribution in [3.63, 3.8) is 0 Å². The lowest BCUT2D eigenvalue weighted by atomic mass is 9.91. The molecule has 0 aliphatic heterocycles. The Kier molecular flexibility index (Phi) is 5.04. The topological polar surface area (TPSA) is 34.1 Å². The van der Waals surface area contributed by atoms with Gasteiger partial charge >= 0.3 is 0 Å². The smallest absolute Gasteiger partial charge is 0.201 e. The Hall–Kier alpha value is -0.310. The van der Waals surface area contributed by atoms with Crippen molar-refractivity contribution in [2.75, 3.05) is 5.75 Å². The van der Waals surface area contributed by atoms with Crippen molar-refractivity contribution in [2.24, 2.45) is 10.8 Å². The van der Waals surface area contributed by atoms with E-state index < -0.39 is 5.41 Å². The van der Waals surface area contributed by atoms with Crippen molar-refractivity contribution in [3.05, 3.63) is 0 Å². The highest BCUT2D eigenvalue weighted by Crippen LogP contribution is 2.28. The third-order valence-corrected chi connectivity index (χ3v) is 3.66. The van der Waals surface area contributed by atoms with Gasteiger partial charge in [-0.05, 0) is 32.6 Å². The first-order valence-electron chi connectivity index (χ1n) is 5.25. The summed E-state index contributed by atoms with van der Waals surface area (Å²) >= 11 is 1.28. The van der Waals surface area contributed by atoms with E-state index in [9.17, 15) is 9.59 Å². The third kappa shape index (κ3) is 5.36. The number of carbonyl (C=O) groups is 2. The summed E-state index contributed by atoms with van der Waals surface area (Å²) < 4.78 is 0. The highest BCUT2D eigenvalue weighted by atomic mass is 32.2. The summed E-state index contributed by atoms with van der Waals surface area (Å²) in [6, 6.07) is 0. The van der Waals surface area contributed by atoms with Gasteiger partial charge in [0.15, 0.2) is 0 Å². The number of Topliss-reactive ketones (excluding diaryl/α,β-unsaturated/α-hetero) is 1. The van der Waals surface area contributed by atoms with Gasteiger partial charge in [-0.1, -0.05) is 32.5 Å². The van der Waals surface area contributed by atoms with E-state index in [0.29, 0.717) is 0 Å². The van der Waals surface area contributed by atoms with Crippen molar-refractivity contribution in [2.45, 2.75) is 48.0 Å². The molecular formula is C12H22O2S. The van der Waals surface area contributed by atoms with E-state index in [1.165, 1.54) is 18.7 Å². The maximum Gasteiger partial charge on any atom is 0.201 e. The molecule has 2 nitrogen and oxygen atoms in total. The fourth-order valence-electron chi connectivity index (χ4n) is 0.774. The normalized spacial score (nSPS) is 12.7. The van der Waals surface area contributed by atoms with Gasteiger partial charge in [0, 0.05) is 5.75 Å². The van der Waals surface area contributed by atoms with Crippen molar-refractivity contribution < 1.29 is 9.59 Å². The SMILES string of the molecule is CC(=O)C(C)(C)C(=O)SCCC(C)(C)C. The molecule has 0 aromatic heterocycles. The molecule has 0 fully saturated rings. The summed E-state index contributed by atoms with van der Waals surface area (Å²) in [4.78, 5) is 23.0. The molecule has 0 heterocycles. The fraction of sp³-hybridized carbons (Fsp3) is 0.833. The Labute approximate surface area is 97.2 Å². The van der Waals surface area contributed by atoms with E-state index in [1.54, 1.807) is 13.8 Å². The van der Waals surface area contributed by atoms with E-state index in [4.69, 9.17) is 0 Å². The van der Waals surface area contributed by atoms with Crippen LogP contribution in [0.15, 0.2) is 0 Å². The molecule has 0 aliphatic rings. The largest absolute Gasteiger partial charge is 0.299 e. The van der Waals surface area contributed by atoms with Gasteiger partial charge in [0.25, 0.3) is 0 Å². The van der Waals surface area contributed by atoms with E-state index >= 15 is 0 Å². The number of ketones is 1. The van der Waals surface area contributed by atoms with Crippen LogP contribution in [0, 0.1) is 10.8 Å². The van der Waals surface area contributed by atoms with E-state index in [1.807, 2.05) is 0 Å². The summed E-state index contributed by atoms with van der Waals surface area (Å²) in [5, 5.41) is -0.0146. The molecule has 0 atom stereocenters. The summed E-state index contributed by atoms with van der Waals surface area (Å²) in [5.74, 6) is 0.731. The summed E-state index contributed by atoms with van der Waals surface area (Å²) in [6.07, 6.45) is 0.984. The quantitative estimate of drug-likeness (QED) is 0.695. The molecule has 0 unspecified atom stereocenters. The minimum absolute atomic E-state index is 0.0146. The van der Waals surface area contributed by atoms with Gasteiger partial charge in [-0.15, -0.1) is 0 Å². The number of thioether (sulfide) groups is 1. The van der Waals surface area contributed by atoms with Gasteiger partial charge in [0.2, 0.25) is 5.12 Å². The molecule has 15 heavy (non-hydrogen) atoms. The Balaban J connectivity index is 4.11. The second-order valence-electron chi connectivity index (χ2n) is 5.63. The van der Waals surface area contributed by atoms with Crippen LogP contribution in [-0.4, -0.2) is 16.7 Å². The van der Waals surface area contributed by atoms with Crippen molar-refractivity contribution in [1.82, 2.24) is 0 Å². The van der Waals surface area contributed by atoms with Crippen LogP contribution in [0.2, 0.25) is 0 Å². The lowest BCUT2D eigenvalue weighted by Gasteiger charge is -2.21. The van der Waals surface area contributed by atoms with Crippen LogP contribution in [0.4, 0.5) is 0 Å². The lowest BCUT2D eigenvalue weighted by molar-refractivity contribution is -0.132. The van der Waals surface area contributed by atoms with Crippen molar-refractivity contribution in [1.29, 1.82) is 0 Å². The Bertz CT molecular complexity index is 249. The number of hydrogen-bond acceptors (Lipinski definition) is 3. The molecular weight excluding hydrogens is 208 g/mol. The molecule has 0 aromatic rings. The molecule has 0 saturated heterocycles. The van der Waals surface area contributed by atoms with Crippen LogP contribution in [0.1, 0.15) is 48.0 Å². The first kappa shape index (κ1) is 14.7. The zero-order valence-corrected chi connectivity index (χ0v) is 11.5. The molecule has 0 aliphatic carbocycles. The lowest BCUT2D eigenvalue weighted by Crippen LogP contribution is -2.29. The van der Waals surface area contributed by atoms with E-state index in [2.05, 4.69) is 20.8 Å². The monoisotopic (exact) mass is 230 g/mol. The van der Waals surface area contributed by atoms with Crippen LogP contribution < -0.4 is 0 Å². The second-order valence-corrected chi connectivity index (χ2v) is 6.70. The van der Waals surface area contributed by atoms with Crippen LogP contribution in [-0.2, 0) is 9.59 Å². The first-order valence-corrected chi connectivity index (χ1v) is 6.24. The fourth-order valence-corrected chi connectivity index (χ4v) is 2.18. The molecule has 0 rings (SSSR count). The molecule has 0 aromatic carbocycles. The number of carbonyl (C=O) groups excluding carboxylic acids is 2. The second kappa shape index (κ2) is 5.15. The zero-order valence-electron chi connectivity index (χ0n) is 10.6. The van der Waals surface area contributed by atoms with E-state index in [0.717, 1.165) is 12.2 Å². The van der Waals surface area contributed by atoms with Gasteiger partial charge in [0.1, 0.15) is 5.78 Å². The highest BCUT2D eigenvalue weighted by Gasteiger charge is 2.32.